The fraction of sp³-hybridized carbons (Fsp3) is 0.176. The lowest BCUT2D eigenvalue weighted by Crippen LogP contribution is -2.49. The summed E-state index contributed by atoms with van der Waals surface area (Å²) >= 11 is 4.82. The van der Waals surface area contributed by atoms with Gasteiger partial charge in [-0.2, -0.15) is 0 Å². The van der Waals surface area contributed by atoms with E-state index in [1.807, 2.05) is 0 Å². The molecule has 0 aliphatic carbocycles. The second-order valence-electron chi connectivity index (χ2n) is 5.05. The van der Waals surface area contributed by atoms with Crippen LogP contribution in [0.15, 0.2) is 42.5 Å². The van der Waals surface area contributed by atoms with Crippen molar-refractivity contribution >= 4 is 28.9 Å². The van der Waals surface area contributed by atoms with E-state index in [9.17, 15) is 9.18 Å². The Labute approximate surface area is 150 Å². The Morgan fingerprint density at radius 2 is 1.80 bits per heavy atom. The number of halogens is 1. The Morgan fingerprint density at radius 3 is 2.36 bits per heavy atom. The van der Waals surface area contributed by atoms with E-state index in [0.717, 1.165) is 0 Å². The fourth-order valence-electron chi connectivity index (χ4n) is 2.22. The van der Waals surface area contributed by atoms with Gasteiger partial charge in [0.1, 0.15) is 5.82 Å². The standard InChI is InChI=1S/C17H18FN3O3S/c1-23-14-8-3-11(9-15(14)24-2)10-16(22)21(20-17(19)25)13-6-4-12(18)5-7-13/h3-9H,10H2,1-2H3,(H3,19,20,25). The predicted octanol–water partition coefficient (Wildman–Crippen LogP) is 2.17. The third-order valence-corrected chi connectivity index (χ3v) is 3.45. The molecule has 0 spiro atoms. The summed E-state index contributed by atoms with van der Waals surface area (Å²) in [6.45, 7) is 0. The van der Waals surface area contributed by atoms with Gasteiger partial charge in [-0.3, -0.25) is 10.2 Å². The minimum atomic E-state index is -0.411. The molecular weight excluding hydrogens is 345 g/mol. The zero-order chi connectivity index (χ0) is 18.4. The van der Waals surface area contributed by atoms with E-state index in [4.69, 9.17) is 27.4 Å². The van der Waals surface area contributed by atoms with Crippen molar-refractivity contribution in [2.24, 2.45) is 5.73 Å². The van der Waals surface area contributed by atoms with Crippen molar-refractivity contribution in [1.29, 1.82) is 0 Å². The second-order valence-corrected chi connectivity index (χ2v) is 5.49. The summed E-state index contributed by atoms with van der Waals surface area (Å²) in [5.41, 5.74) is 9.22. The molecule has 1 amide bonds. The molecule has 0 aliphatic heterocycles. The van der Waals surface area contributed by atoms with Gasteiger partial charge in [0, 0.05) is 0 Å². The van der Waals surface area contributed by atoms with Gasteiger partial charge >= 0.3 is 0 Å². The third-order valence-electron chi connectivity index (χ3n) is 3.36. The van der Waals surface area contributed by atoms with E-state index in [1.165, 1.54) is 43.5 Å². The molecule has 2 rings (SSSR count). The Balaban J connectivity index is 2.25. The summed E-state index contributed by atoms with van der Waals surface area (Å²) < 4.78 is 23.5. The van der Waals surface area contributed by atoms with E-state index in [2.05, 4.69) is 5.43 Å². The summed E-state index contributed by atoms with van der Waals surface area (Å²) in [5, 5.41) is 1.10. The maximum atomic E-state index is 13.1. The smallest absolute Gasteiger partial charge is 0.250 e. The monoisotopic (exact) mass is 363 g/mol. The number of rotatable bonds is 5. The highest BCUT2D eigenvalue weighted by Gasteiger charge is 2.18. The minimum Gasteiger partial charge on any atom is -0.493 e. The van der Waals surface area contributed by atoms with Crippen LogP contribution in [0, 0.1) is 5.82 Å². The molecule has 6 nitrogen and oxygen atoms in total. The highest BCUT2D eigenvalue weighted by atomic mass is 32.1. The van der Waals surface area contributed by atoms with E-state index in [1.54, 1.807) is 18.2 Å². The van der Waals surface area contributed by atoms with Crippen LogP contribution in [-0.2, 0) is 11.2 Å². The summed E-state index contributed by atoms with van der Waals surface area (Å²) in [6.07, 6.45) is 0.0490. The highest BCUT2D eigenvalue weighted by molar-refractivity contribution is 7.80. The first-order chi connectivity index (χ1) is 11.9. The number of thiocarbonyl (C=S) groups is 1. The zero-order valence-electron chi connectivity index (χ0n) is 13.8. The summed E-state index contributed by atoms with van der Waals surface area (Å²) in [5.74, 6) is 0.344. The van der Waals surface area contributed by atoms with Gasteiger partial charge in [0.25, 0.3) is 0 Å². The first kappa shape index (κ1) is 18.5. The lowest BCUT2D eigenvalue weighted by atomic mass is 10.1. The second kappa shape index (κ2) is 8.29. The largest absolute Gasteiger partial charge is 0.493 e. The Bertz CT molecular complexity index is 768. The van der Waals surface area contributed by atoms with Crippen molar-refractivity contribution in [2.75, 3.05) is 19.2 Å². The number of anilines is 1. The molecule has 0 unspecified atom stereocenters. The quantitative estimate of drug-likeness (QED) is 0.626. The lowest BCUT2D eigenvalue weighted by Gasteiger charge is -2.23. The maximum Gasteiger partial charge on any atom is 0.250 e. The summed E-state index contributed by atoms with van der Waals surface area (Å²) in [7, 11) is 3.05. The van der Waals surface area contributed by atoms with Crippen LogP contribution >= 0.6 is 12.2 Å². The summed E-state index contributed by atoms with van der Waals surface area (Å²) in [6, 6.07) is 10.6. The molecule has 0 radical (unpaired) electrons. The van der Waals surface area contributed by atoms with Crippen LogP contribution in [-0.4, -0.2) is 25.2 Å². The van der Waals surface area contributed by atoms with Gasteiger partial charge in [-0.25, -0.2) is 9.40 Å². The van der Waals surface area contributed by atoms with Crippen LogP contribution < -0.4 is 25.6 Å². The Morgan fingerprint density at radius 1 is 1.16 bits per heavy atom. The van der Waals surface area contributed by atoms with Gasteiger partial charge in [0.05, 0.1) is 26.3 Å². The number of amides is 1. The van der Waals surface area contributed by atoms with Crippen molar-refractivity contribution in [3.05, 3.63) is 53.8 Å². The molecule has 2 aromatic carbocycles. The Hall–Kier alpha value is -2.87. The first-order valence-electron chi connectivity index (χ1n) is 7.30. The van der Waals surface area contributed by atoms with Crippen LogP contribution in [0.3, 0.4) is 0 Å². The van der Waals surface area contributed by atoms with Gasteiger partial charge in [0.15, 0.2) is 16.6 Å². The van der Waals surface area contributed by atoms with Gasteiger partial charge in [-0.15, -0.1) is 0 Å². The molecule has 0 bridgehead atoms. The number of nitrogens with zero attached hydrogens (tertiary/aromatic N) is 1. The minimum absolute atomic E-state index is 0.0490. The number of nitrogens with two attached hydrogens (primary N) is 1. The molecule has 0 aromatic heterocycles. The SMILES string of the molecule is COc1ccc(CC(=O)N(NC(N)=S)c2ccc(F)cc2)cc1OC. The molecule has 0 aliphatic rings. The number of ether oxygens (including phenoxy) is 2. The lowest BCUT2D eigenvalue weighted by molar-refractivity contribution is -0.118. The van der Waals surface area contributed by atoms with Gasteiger partial charge in [0.2, 0.25) is 5.91 Å². The van der Waals surface area contributed by atoms with Crippen LogP contribution in [0.2, 0.25) is 0 Å². The number of carbonyl (C=O) groups is 1. The molecule has 0 heterocycles. The molecular formula is C17H18FN3O3S. The molecule has 2 aromatic rings. The molecule has 0 atom stereocenters. The normalized spacial score (nSPS) is 10.0. The van der Waals surface area contributed by atoms with Crippen LogP contribution in [0.1, 0.15) is 5.56 Å². The molecule has 25 heavy (non-hydrogen) atoms. The number of nitrogens with one attached hydrogen (secondary N) is 1. The van der Waals surface area contributed by atoms with Crippen LogP contribution in [0.5, 0.6) is 11.5 Å². The van der Waals surface area contributed by atoms with Gasteiger partial charge in [-0.05, 0) is 54.2 Å². The van der Waals surface area contributed by atoms with E-state index < -0.39 is 5.82 Å². The fourth-order valence-corrected chi connectivity index (χ4v) is 2.31. The number of methoxy groups -OCH3 is 2. The average Bonchev–Trinajstić information content (AvgIpc) is 2.60. The molecule has 0 saturated carbocycles. The van der Waals surface area contributed by atoms with Gasteiger partial charge < -0.3 is 15.2 Å². The van der Waals surface area contributed by atoms with Crippen molar-refractivity contribution in [3.63, 3.8) is 0 Å². The van der Waals surface area contributed by atoms with Crippen molar-refractivity contribution < 1.29 is 18.7 Å². The summed E-state index contributed by atoms with van der Waals surface area (Å²) in [4.78, 5) is 12.7. The molecule has 3 N–H and O–H groups in total. The van der Waals surface area contributed by atoms with Crippen molar-refractivity contribution in [1.82, 2.24) is 5.43 Å². The van der Waals surface area contributed by atoms with Gasteiger partial charge in [-0.1, -0.05) is 6.07 Å². The number of hydrazine groups is 1. The van der Waals surface area contributed by atoms with Crippen LogP contribution in [0.25, 0.3) is 0 Å². The molecule has 132 valence electrons. The van der Waals surface area contributed by atoms with Crippen LogP contribution in [0.4, 0.5) is 10.1 Å². The number of hydrogen-bond donors (Lipinski definition) is 2. The predicted molar refractivity (Wildman–Crippen MR) is 97.1 cm³/mol. The number of hydrogen-bond acceptors (Lipinski definition) is 4. The van der Waals surface area contributed by atoms with E-state index in [-0.39, 0.29) is 17.4 Å². The third kappa shape index (κ3) is 4.80. The average molecular weight is 363 g/mol. The molecule has 0 fully saturated rings. The van der Waals surface area contributed by atoms with E-state index in [0.29, 0.717) is 22.7 Å². The number of benzene rings is 2. The molecule has 8 heteroatoms. The maximum absolute atomic E-state index is 13.1. The molecule has 0 saturated heterocycles. The van der Waals surface area contributed by atoms with Crippen molar-refractivity contribution in [3.8, 4) is 11.5 Å². The van der Waals surface area contributed by atoms with E-state index >= 15 is 0 Å². The Kier molecular flexibility index (Phi) is 6.13. The van der Waals surface area contributed by atoms with Crippen molar-refractivity contribution in [2.45, 2.75) is 6.42 Å². The first-order valence-corrected chi connectivity index (χ1v) is 7.71. The highest BCUT2D eigenvalue weighted by Crippen LogP contribution is 2.28. The topological polar surface area (TPSA) is 76.8 Å². The number of carbonyl (C=O) groups excluding carboxylic acids is 1. The zero-order valence-corrected chi connectivity index (χ0v) is 14.6.